The molecule has 1 saturated heterocycles. The van der Waals surface area contributed by atoms with Crippen molar-refractivity contribution in [1.82, 2.24) is 10.2 Å². The van der Waals surface area contributed by atoms with Crippen molar-refractivity contribution in [2.45, 2.75) is 25.9 Å². The second kappa shape index (κ2) is 5.50. The van der Waals surface area contributed by atoms with Crippen LogP contribution >= 0.6 is 0 Å². The van der Waals surface area contributed by atoms with E-state index in [2.05, 4.69) is 5.32 Å². The summed E-state index contributed by atoms with van der Waals surface area (Å²) in [5.74, 6) is -0.531. The first-order valence-electron chi connectivity index (χ1n) is 6.39. The Morgan fingerprint density at radius 3 is 2.84 bits per heavy atom. The van der Waals surface area contributed by atoms with Crippen molar-refractivity contribution < 1.29 is 9.59 Å². The third-order valence-electron chi connectivity index (χ3n) is 3.52. The van der Waals surface area contributed by atoms with Gasteiger partial charge in [-0.2, -0.15) is 0 Å². The number of hydrogen-bond donors (Lipinski definition) is 2. The van der Waals surface area contributed by atoms with E-state index in [0.717, 1.165) is 11.1 Å². The first-order valence-corrected chi connectivity index (χ1v) is 6.39. The first kappa shape index (κ1) is 13.7. The van der Waals surface area contributed by atoms with Gasteiger partial charge in [0.25, 0.3) is 0 Å². The third-order valence-corrected chi connectivity index (χ3v) is 3.52. The minimum absolute atomic E-state index is 0.120. The van der Waals surface area contributed by atoms with Gasteiger partial charge in [-0.1, -0.05) is 29.8 Å². The Morgan fingerprint density at radius 2 is 2.21 bits per heavy atom. The van der Waals surface area contributed by atoms with E-state index < -0.39 is 0 Å². The average molecular weight is 261 g/mol. The van der Waals surface area contributed by atoms with Gasteiger partial charge in [-0.25, -0.2) is 0 Å². The maximum Gasteiger partial charge on any atom is 0.243 e. The molecule has 0 spiro atoms. The molecule has 102 valence electrons. The zero-order valence-electron chi connectivity index (χ0n) is 11.2. The van der Waals surface area contributed by atoms with Crippen molar-refractivity contribution in [1.29, 1.82) is 0 Å². The quantitative estimate of drug-likeness (QED) is 0.769. The van der Waals surface area contributed by atoms with E-state index in [0.29, 0.717) is 6.54 Å². The van der Waals surface area contributed by atoms with Gasteiger partial charge in [-0.15, -0.1) is 0 Å². The zero-order valence-corrected chi connectivity index (χ0v) is 11.2. The van der Waals surface area contributed by atoms with E-state index in [4.69, 9.17) is 5.73 Å². The van der Waals surface area contributed by atoms with Crippen molar-refractivity contribution in [2.75, 3.05) is 13.1 Å². The van der Waals surface area contributed by atoms with Gasteiger partial charge in [0.2, 0.25) is 11.8 Å². The van der Waals surface area contributed by atoms with Crippen molar-refractivity contribution in [2.24, 2.45) is 5.73 Å². The van der Waals surface area contributed by atoms with Gasteiger partial charge in [0.1, 0.15) is 0 Å². The monoisotopic (exact) mass is 261 g/mol. The van der Waals surface area contributed by atoms with Gasteiger partial charge in [0.15, 0.2) is 0 Å². The van der Waals surface area contributed by atoms with Crippen LogP contribution in [0, 0.1) is 6.92 Å². The van der Waals surface area contributed by atoms with Crippen LogP contribution in [0.1, 0.15) is 24.1 Å². The summed E-state index contributed by atoms with van der Waals surface area (Å²) >= 11 is 0. The molecule has 1 aliphatic heterocycles. The van der Waals surface area contributed by atoms with Crippen LogP contribution in [-0.2, 0) is 9.59 Å². The Bertz CT molecular complexity index is 501. The van der Waals surface area contributed by atoms with Crippen LogP contribution in [0.5, 0.6) is 0 Å². The average Bonchev–Trinajstić information content (AvgIpc) is 2.36. The number of aryl methyl sites for hydroxylation is 1. The highest BCUT2D eigenvalue weighted by molar-refractivity contribution is 6.00. The minimum atomic E-state index is -0.355. The number of amides is 2. The van der Waals surface area contributed by atoms with Crippen molar-refractivity contribution in [3.8, 4) is 0 Å². The molecule has 2 rings (SSSR count). The van der Waals surface area contributed by atoms with Crippen LogP contribution in [0.2, 0.25) is 0 Å². The summed E-state index contributed by atoms with van der Waals surface area (Å²) in [4.78, 5) is 25.1. The highest BCUT2D eigenvalue weighted by Gasteiger charge is 2.34. The molecule has 5 nitrogen and oxygen atoms in total. The highest BCUT2D eigenvalue weighted by atomic mass is 16.2. The minimum Gasteiger partial charge on any atom is -0.329 e. The topological polar surface area (TPSA) is 75.4 Å². The highest BCUT2D eigenvalue weighted by Crippen LogP contribution is 2.24. The Labute approximate surface area is 112 Å². The molecule has 0 saturated carbocycles. The Balaban J connectivity index is 2.30. The SMILES string of the molecule is Cc1cccc(C(CN)N2CC(=O)NC(=O)C2C)c1. The fraction of sp³-hybridized carbons (Fsp3) is 0.429. The summed E-state index contributed by atoms with van der Waals surface area (Å²) in [7, 11) is 0. The molecule has 0 aromatic heterocycles. The Hall–Kier alpha value is -1.72. The summed E-state index contributed by atoms with van der Waals surface area (Å²) in [6, 6.07) is 7.52. The predicted molar refractivity (Wildman–Crippen MR) is 72.3 cm³/mol. The molecule has 2 amide bonds. The number of carbonyl (C=O) groups excluding carboxylic acids is 2. The Morgan fingerprint density at radius 1 is 1.47 bits per heavy atom. The lowest BCUT2D eigenvalue weighted by Gasteiger charge is -2.37. The molecular weight excluding hydrogens is 242 g/mol. The fourth-order valence-electron chi connectivity index (χ4n) is 2.46. The molecule has 1 aromatic rings. The molecule has 1 fully saturated rings. The third kappa shape index (κ3) is 2.83. The lowest BCUT2D eigenvalue weighted by atomic mass is 10.00. The Kier molecular flexibility index (Phi) is 3.97. The molecule has 3 N–H and O–H groups in total. The molecule has 0 bridgehead atoms. The number of nitrogens with zero attached hydrogens (tertiary/aromatic N) is 1. The molecule has 0 radical (unpaired) electrons. The van der Waals surface area contributed by atoms with Gasteiger partial charge >= 0.3 is 0 Å². The van der Waals surface area contributed by atoms with Gasteiger partial charge in [-0.3, -0.25) is 19.8 Å². The van der Waals surface area contributed by atoms with E-state index in [9.17, 15) is 9.59 Å². The lowest BCUT2D eigenvalue weighted by Crippen LogP contribution is -2.58. The van der Waals surface area contributed by atoms with Crippen LogP contribution in [0.25, 0.3) is 0 Å². The summed E-state index contributed by atoms with van der Waals surface area (Å²) < 4.78 is 0. The van der Waals surface area contributed by atoms with E-state index in [1.54, 1.807) is 6.92 Å². The number of benzene rings is 1. The lowest BCUT2D eigenvalue weighted by molar-refractivity contribution is -0.140. The number of nitrogens with one attached hydrogen (secondary N) is 1. The number of hydrogen-bond acceptors (Lipinski definition) is 4. The van der Waals surface area contributed by atoms with Crippen LogP contribution in [0.15, 0.2) is 24.3 Å². The smallest absolute Gasteiger partial charge is 0.243 e. The molecule has 2 unspecified atom stereocenters. The van der Waals surface area contributed by atoms with Crippen LogP contribution in [0.3, 0.4) is 0 Å². The molecule has 2 atom stereocenters. The van der Waals surface area contributed by atoms with Gasteiger partial charge in [-0.05, 0) is 19.4 Å². The standard InChI is InChI=1S/C14H19N3O2/c1-9-4-3-5-11(6-9)12(7-15)17-8-13(18)16-14(19)10(17)2/h3-6,10,12H,7-8,15H2,1-2H3,(H,16,18,19). The van der Waals surface area contributed by atoms with Crippen LogP contribution in [-0.4, -0.2) is 35.8 Å². The van der Waals surface area contributed by atoms with E-state index in [-0.39, 0.29) is 30.4 Å². The number of imide groups is 1. The molecule has 1 aromatic carbocycles. The normalized spacial score (nSPS) is 22.2. The fourth-order valence-corrected chi connectivity index (χ4v) is 2.46. The number of carbonyl (C=O) groups is 2. The van der Waals surface area contributed by atoms with Gasteiger partial charge in [0, 0.05) is 12.6 Å². The van der Waals surface area contributed by atoms with Crippen molar-refractivity contribution in [3.05, 3.63) is 35.4 Å². The van der Waals surface area contributed by atoms with Crippen molar-refractivity contribution in [3.63, 3.8) is 0 Å². The summed E-state index contributed by atoms with van der Waals surface area (Å²) in [5, 5.41) is 2.34. The molecule has 1 aliphatic rings. The summed E-state index contributed by atoms with van der Waals surface area (Å²) in [6.07, 6.45) is 0. The van der Waals surface area contributed by atoms with Gasteiger partial charge in [0.05, 0.1) is 12.6 Å². The number of rotatable bonds is 3. The summed E-state index contributed by atoms with van der Waals surface area (Å²) in [6.45, 7) is 4.37. The maximum atomic E-state index is 11.7. The van der Waals surface area contributed by atoms with Crippen LogP contribution in [0.4, 0.5) is 0 Å². The van der Waals surface area contributed by atoms with Crippen LogP contribution < -0.4 is 11.1 Å². The molecule has 19 heavy (non-hydrogen) atoms. The first-order chi connectivity index (χ1) is 9.02. The molecule has 5 heteroatoms. The molecule has 0 aliphatic carbocycles. The van der Waals surface area contributed by atoms with Gasteiger partial charge < -0.3 is 5.73 Å². The maximum absolute atomic E-state index is 11.7. The predicted octanol–water partition coefficient (Wildman–Crippen LogP) is 0.342. The molecule has 1 heterocycles. The van der Waals surface area contributed by atoms with E-state index in [1.807, 2.05) is 36.1 Å². The zero-order chi connectivity index (χ0) is 14.0. The van der Waals surface area contributed by atoms with Crippen molar-refractivity contribution >= 4 is 11.8 Å². The second-order valence-electron chi connectivity index (χ2n) is 4.93. The second-order valence-corrected chi connectivity index (χ2v) is 4.93. The van der Waals surface area contributed by atoms with E-state index in [1.165, 1.54) is 0 Å². The number of piperazine rings is 1. The largest absolute Gasteiger partial charge is 0.329 e. The molecular formula is C14H19N3O2. The summed E-state index contributed by atoms with van der Waals surface area (Å²) in [5.41, 5.74) is 8.03. The number of nitrogens with two attached hydrogens (primary N) is 1. The van der Waals surface area contributed by atoms with E-state index >= 15 is 0 Å².